The fourth-order valence-corrected chi connectivity index (χ4v) is 2.68. The second kappa shape index (κ2) is 10.5. The average Bonchev–Trinajstić information content (AvgIpc) is 2.73. The average molecular weight is 486 g/mol. The number of carbonyl (C=O) groups is 1. The summed E-state index contributed by atoms with van der Waals surface area (Å²) >= 11 is 2.21. The summed E-state index contributed by atoms with van der Waals surface area (Å²) in [6, 6.07) is 24.9. The molecule has 3 rings (SSSR count). The van der Waals surface area contributed by atoms with Gasteiger partial charge in [-0.3, -0.25) is 4.79 Å². The third-order valence-electron chi connectivity index (χ3n) is 3.69. The SMILES string of the molecule is O=C(COc1ccc(I)cc1)N/N=C/c1cccc(OCc2ccccc2)c1. The molecule has 0 unspecified atom stereocenters. The molecule has 0 bridgehead atoms. The predicted octanol–water partition coefficient (Wildman–Crippen LogP) is 4.40. The van der Waals surface area contributed by atoms with Gasteiger partial charge in [0.1, 0.15) is 18.1 Å². The fraction of sp³-hybridized carbons (Fsp3) is 0.0909. The first-order valence-electron chi connectivity index (χ1n) is 8.66. The highest BCUT2D eigenvalue weighted by molar-refractivity contribution is 14.1. The molecule has 0 aliphatic carbocycles. The molecule has 1 amide bonds. The largest absolute Gasteiger partial charge is 0.489 e. The molecule has 0 fully saturated rings. The monoisotopic (exact) mass is 486 g/mol. The molecule has 0 saturated carbocycles. The smallest absolute Gasteiger partial charge is 0.277 e. The third-order valence-corrected chi connectivity index (χ3v) is 4.41. The van der Waals surface area contributed by atoms with Crippen molar-refractivity contribution >= 4 is 34.7 Å². The molecular formula is C22H19IN2O3. The first kappa shape index (κ1) is 19.9. The zero-order valence-corrected chi connectivity index (χ0v) is 17.2. The Bertz CT molecular complexity index is 928. The van der Waals surface area contributed by atoms with Crippen LogP contribution in [0.1, 0.15) is 11.1 Å². The van der Waals surface area contributed by atoms with Crippen LogP contribution in [0, 0.1) is 3.57 Å². The molecule has 0 aliphatic rings. The molecule has 0 aliphatic heterocycles. The van der Waals surface area contributed by atoms with E-state index in [2.05, 4.69) is 33.1 Å². The number of hydrogen-bond acceptors (Lipinski definition) is 4. The molecule has 142 valence electrons. The van der Waals surface area contributed by atoms with Gasteiger partial charge in [-0.2, -0.15) is 5.10 Å². The molecule has 0 saturated heterocycles. The van der Waals surface area contributed by atoms with Gasteiger partial charge in [0.05, 0.1) is 6.21 Å². The van der Waals surface area contributed by atoms with Crippen molar-refractivity contribution in [3.05, 3.63) is 93.6 Å². The number of carbonyl (C=O) groups excluding carboxylic acids is 1. The molecule has 3 aromatic rings. The van der Waals surface area contributed by atoms with E-state index < -0.39 is 0 Å². The van der Waals surface area contributed by atoms with Gasteiger partial charge in [0.25, 0.3) is 5.91 Å². The van der Waals surface area contributed by atoms with Crippen molar-refractivity contribution in [2.24, 2.45) is 5.10 Å². The molecule has 0 heterocycles. The molecule has 3 aromatic carbocycles. The van der Waals surface area contributed by atoms with Gasteiger partial charge < -0.3 is 9.47 Å². The first-order valence-corrected chi connectivity index (χ1v) is 9.74. The van der Waals surface area contributed by atoms with Crippen LogP contribution in [-0.2, 0) is 11.4 Å². The highest BCUT2D eigenvalue weighted by Crippen LogP contribution is 2.14. The van der Waals surface area contributed by atoms with Crippen molar-refractivity contribution < 1.29 is 14.3 Å². The quantitative estimate of drug-likeness (QED) is 0.292. The van der Waals surface area contributed by atoms with Crippen LogP contribution in [0.2, 0.25) is 0 Å². The Kier molecular flexibility index (Phi) is 7.43. The van der Waals surface area contributed by atoms with E-state index in [0.717, 1.165) is 20.4 Å². The molecule has 0 spiro atoms. The molecule has 0 atom stereocenters. The molecular weight excluding hydrogens is 467 g/mol. The first-order chi connectivity index (χ1) is 13.7. The minimum absolute atomic E-state index is 0.0990. The lowest BCUT2D eigenvalue weighted by Gasteiger charge is -2.07. The van der Waals surface area contributed by atoms with Crippen molar-refractivity contribution in [1.82, 2.24) is 5.43 Å². The summed E-state index contributed by atoms with van der Waals surface area (Å²) in [5.41, 5.74) is 4.38. The fourth-order valence-electron chi connectivity index (χ4n) is 2.32. The van der Waals surface area contributed by atoms with E-state index in [0.29, 0.717) is 12.4 Å². The topological polar surface area (TPSA) is 59.9 Å². The van der Waals surface area contributed by atoms with E-state index >= 15 is 0 Å². The van der Waals surface area contributed by atoms with E-state index in [4.69, 9.17) is 9.47 Å². The normalized spacial score (nSPS) is 10.6. The van der Waals surface area contributed by atoms with Gasteiger partial charge in [0, 0.05) is 3.57 Å². The van der Waals surface area contributed by atoms with Crippen LogP contribution >= 0.6 is 22.6 Å². The number of hydrogen-bond donors (Lipinski definition) is 1. The van der Waals surface area contributed by atoms with E-state index in [1.807, 2.05) is 78.9 Å². The van der Waals surface area contributed by atoms with E-state index in [-0.39, 0.29) is 12.5 Å². The van der Waals surface area contributed by atoms with Crippen LogP contribution < -0.4 is 14.9 Å². The van der Waals surface area contributed by atoms with Crippen LogP contribution in [0.15, 0.2) is 84.0 Å². The van der Waals surface area contributed by atoms with Gasteiger partial charge in [0.15, 0.2) is 6.61 Å². The Morgan fingerprint density at radius 3 is 2.50 bits per heavy atom. The van der Waals surface area contributed by atoms with Gasteiger partial charge in [-0.25, -0.2) is 5.43 Å². The Morgan fingerprint density at radius 1 is 0.929 bits per heavy atom. The summed E-state index contributed by atoms with van der Waals surface area (Å²) in [6.07, 6.45) is 1.57. The number of nitrogens with one attached hydrogen (secondary N) is 1. The highest BCUT2D eigenvalue weighted by Gasteiger charge is 2.01. The number of nitrogens with zero attached hydrogens (tertiary/aromatic N) is 1. The van der Waals surface area contributed by atoms with Crippen LogP contribution in [0.5, 0.6) is 11.5 Å². The molecule has 5 nitrogen and oxygen atoms in total. The standard InChI is InChI=1S/C22H19IN2O3/c23-19-9-11-20(12-10-19)28-16-22(26)25-24-14-18-7-4-8-21(13-18)27-15-17-5-2-1-3-6-17/h1-14H,15-16H2,(H,25,26)/b24-14+. The maximum Gasteiger partial charge on any atom is 0.277 e. The summed E-state index contributed by atoms with van der Waals surface area (Å²) in [5, 5.41) is 3.97. The molecule has 0 radical (unpaired) electrons. The second-order valence-corrected chi connectivity index (χ2v) is 7.13. The van der Waals surface area contributed by atoms with Crippen molar-refractivity contribution in [3.8, 4) is 11.5 Å². The van der Waals surface area contributed by atoms with Crippen molar-refractivity contribution in [2.75, 3.05) is 6.61 Å². The lowest BCUT2D eigenvalue weighted by molar-refractivity contribution is -0.123. The molecule has 6 heteroatoms. The second-order valence-electron chi connectivity index (χ2n) is 5.88. The van der Waals surface area contributed by atoms with Crippen LogP contribution in [0.3, 0.4) is 0 Å². The molecule has 0 aromatic heterocycles. The maximum atomic E-state index is 11.8. The number of rotatable bonds is 8. The van der Waals surface area contributed by atoms with Crippen LogP contribution in [0.4, 0.5) is 0 Å². The Morgan fingerprint density at radius 2 is 1.71 bits per heavy atom. The third kappa shape index (κ3) is 6.70. The highest BCUT2D eigenvalue weighted by atomic mass is 127. The molecule has 28 heavy (non-hydrogen) atoms. The van der Waals surface area contributed by atoms with Gasteiger partial charge >= 0.3 is 0 Å². The zero-order valence-electron chi connectivity index (χ0n) is 15.0. The Labute approximate surface area is 177 Å². The summed E-state index contributed by atoms with van der Waals surface area (Å²) in [6.45, 7) is 0.395. The lowest BCUT2D eigenvalue weighted by atomic mass is 10.2. The number of ether oxygens (including phenoxy) is 2. The van der Waals surface area contributed by atoms with Crippen molar-refractivity contribution in [1.29, 1.82) is 0 Å². The number of halogens is 1. The Balaban J connectivity index is 1.45. The maximum absolute atomic E-state index is 11.8. The summed E-state index contributed by atoms with van der Waals surface area (Å²) in [5.74, 6) is 1.05. The Hall–Kier alpha value is -2.87. The van der Waals surface area contributed by atoms with Gasteiger partial charge in [-0.15, -0.1) is 0 Å². The van der Waals surface area contributed by atoms with E-state index in [1.54, 1.807) is 6.21 Å². The molecule has 1 N–H and O–H groups in total. The number of benzene rings is 3. The van der Waals surface area contributed by atoms with Gasteiger partial charge in [-0.1, -0.05) is 42.5 Å². The summed E-state index contributed by atoms with van der Waals surface area (Å²) in [7, 11) is 0. The van der Waals surface area contributed by atoms with Crippen LogP contribution in [-0.4, -0.2) is 18.7 Å². The van der Waals surface area contributed by atoms with E-state index in [9.17, 15) is 4.79 Å². The minimum atomic E-state index is -0.328. The predicted molar refractivity (Wildman–Crippen MR) is 118 cm³/mol. The lowest BCUT2D eigenvalue weighted by Crippen LogP contribution is -2.24. The van der Waals surface area contributed by atoms with Crippen LogP contribution in [0.25, 0.3) is 0 Å². The minimum Gasteiger partial charge on any atom is -0.489 e. The summed E-state index contributed by atoms with van der Waals surface area (Å²) < 4.78 is 12.3. The van der Waals surface area contributed by atoms with Crippen molar-refractivity contribution in [2.45, 2.75) is 6.61 Å². The van der Waals surface area contributed by atoms with Gasteiger partial charge in [0.2, 0.25) is 0 Å². The summed E-state index contributed by atoms with van der Waals surface area (Å²) in [4.78, 5) is 11.8. The zero-order chi connectivity index (χ0) is 19.6. The number of amides is 1. The van der Waals surface area contributed by atoms with Gasteiger partial charge in [-0.05, 0) is 70.1 Å². The number of hydrazone groups is 1. The van der Waals surface area contributed by atoms with E-state index in [1.165, 1.54) is 0 Å². The van der Waals surface area contributed by atoms with Crippen molar-refractivity contribution in [3.63, 3.8) is 0 Å².